The van der Waals surface area contributed by atoms with Crippen LogP contribution < -0.4 is 4.74 Å². The number of aliphatic hydroxyl groups is 1. The average molecular weight is 253 g/mol. The number of ether oxygens (including phenoxy) is 2. The summed E-state index contributed by atoms with van der Waals surface area (Å²) in [7, 11) is 1.64. The molecular formula is C14H23NO3. The van der Waals surface area contributed by atoms with Crippen LogP contribution >= 0.6 is 0 Å². The Labute approximate surface area is 109 Å². The van der Waals surface area contributed by atoms with E-state index in [2.05, 4.69) is 4.98 Å². The van der Waals surface area contributed by atoms with Crippen LogP contribution in [-0.2, 0) is 4.74 Å². The van der Waals surface area contributed by atoms with Crippen LogP contribution in [0.5, 0.6) is 5.75 Å². The molecule has 0 bridgehead atoms. The molecular weight excluding hydrogens is 230 g/mol. The van der Waals surface area contributed by atoms with Gasteiger partial charge in [0.25, 0.3) is 0 Å². The summed E-state index contributed by atoms with van der Waals surface area (Å²) >= 11 is 0. The molecule has 0 saturated carbocycles. The molecule has 1 aromatic rings. The minimum Gasteiger partial charge on any atom is -0.489 e. The molecule has 0 radical (unpaired) electrons. The van der Waals surface area contributed by atoms with Gasteiger partial charge in [0.15, 0.2) is 0 Å². The number of rotatable bonds is 6. The molecule has 1 heterocycles. The van der Waals surface area contributed by atoms with Crippen LogP contribution in [0.3, 0.4) is 0 Å². The maximum atomic E-state index is 10.2. The van der Waals surface area contributed by atoms with Crippen molar-refractivity contribution in [1.29, 1.82) is 0 Å². The molecule has 0 fully saturated rings. The zero-order valence-corrected chi connectivity index (χ0v) is 11.8. The fourth-order valence-electron chi connectivity index (χ4n) is 1.62. The minimum atomic E-state index is -0.608. The molecule has 0 saturated heterocycles. The SMILES string of the molecule is COC(C)(C)CC(O)c1cncc(OC(C)C)c1. The molecule has 4 heteroatoms. The number of hydrogen-bond donors (Lipinski definition) is 1. The van der Waals surface area contributed by atoms with Crippen molar-refractivity contribution in [2.75, 3.05) is 7.11 Å². The van der Waals surface area contributed by atoms with Gasteiger partial charge in [0.2, 0.25) is 0 Å². The van der Waals surface area contributed by atoms with Crippen molar-refractivity contribution >= 4 is 0 Å². The average Bonchev–Trinajstić information content (AvgIpc) is 2.28. The highest BCUT2D eigenvalue weighted by molar-refractivity contribution is 5.25. The first-order valence-corrected chi connectivity index (χ1v) is 6.19. The second-order valence-electron chi connectivity index (χ2n) is 5.30. The van der Waals surface area contributed by atoms with Gasteiger partial charge in [-0.2, -0.15) is 0 Å². The Morgan fingerprint density at radius 2 is 2.00 bits per heavy atom. The first-order chi connectivity index (χ1) is 8.34. The van der Waals surface area contributed by atoms with Crippen LogP contribution in [0.4, 0.5) is 0 Å². The highest BCUT2D eigenvalue weighted by Crippen LogP contribution is 2.27. The van der Waals surface area contributed by atoms with Crippen molar-refractivity contribution < 1.29 is 14.6 Å². The summed E-state index contributed by atoms with van der Waals surface area (Å²) in [6, 6.07) is 1.82. The van der Waals surface area contributed by atoms with E-state index in [1.165, 1.54) is 0 Å². The van der Waals surface area contributed by atoms with E-state index in [1.54, 1.807) is 19.5 Å². The van der Waals surface area contributed by atoms with E-state index in [4.69, 9.17) is 9.47 Å². The molecule has 1 rings (SSSR count). The first-order valence-electron chi connectivity index (χ1n) is 6.19. The zero-order valence-electron chi connectivity index (χ0n) is 11.8. The largest absolute Gasteiger partial charge is 0.489 e. The molecule has 0 aliphatic carbocycles. The van der Waals surface area contributed by atoms with Gasteiger partial charge in [-0.25, -0.2) is 0 Å². The molecule has 1 aromatic heterocycles. The molecule has 102 valence electrons. The second kappa shape index (κ2) is 6.16. The number of pyridine rings is 1. The fourth-order valence-corrected chi connectivity index (χ4v) is 1.62. The van der Waals surface area contributed by atoms with E-state index in [1.807, 2.05) is 33.8 Å². The van der Waals surface area contributed by atoms with Crippen LogP contribution in [0, 0.1) is 0 Å². The molecule has 0 aliphatic heterocycles. The van der Waals surface area contributed by atoms with Gasteiger partial charge in [-0.1, -0.05) is 0 Å². The van der Waals surface area contributed by atoms with Gasteiger partial charge in [0, 0.05) is 25.3 Å². The Hall–Kier alpha value is -1.13. The lowest BCUT2D eigenvalue weighted by Gasteiger charge is -2.26. The standard InChI is InChI=1S/C14H23NO3/c1-10(2)18-12-6-11(8-15-9-12)13(16)7-14(3,4)17-5/h6,8-10,13,16H,7H2,1-5H3. The van der Waals surface area contributed by atoms with Gasteiger partial charge < -0.3 is 14.6 Å². The Morgan fingerprint density at radius 1 is 1.33 bits per heavy atom. The zero-order chi connectivity index (χ0) is 13.8. The van der Waals surface area contributed by atoms with Gasteiger partial charge in [-0.3, -0.25) is 4.98 Å². The summed E-state index contributed by atoms with van der Waals surface area (Å²) in [6.07, 6.45) is 3.30. The molecule has 1 atom stereocenters. The molecule has 18 heavy (non-hydrogen) atoms. The monoisotopic (exact) mass is 253 g/mol. The van der Waals surface area contributed by atoms with Crippen molar-refractivity contribution in [3.8, 4) is 5.75 Å². The summed E-state index contributed by atoms with van der Waals surface area (Å²) in [5.41, 5.74) is 0.382. The van der Waals surface area contributed by atoms with Crippen LogP contribution in [0.1, 0.15) is 45.8 Å². The first kappa shape index (κ1) is 14.9. The molecule has 0 aliphatic rings. The van der Waals surface area contributed by atoms with Crippen LogP contribution in [0.15, 0.2) is 18.5 Å². The van der Waals surface area contributed by atoms with Gasteiger partial charge in [0.1, 0.15) is 5.75 Å². The molecule has 4 nitrogen and oxygen atoms in total. The number of nitrogens with zero attached hydrogens (tertiary/aromatic N) is 1. The lowest BCUT2D eigenvalue weighted by atomic mass is 9.97. The number of aromatic nitrogens is 1. The third-order valence-electron chi connectivity index (χ3n) is 2.73. The van der Waals surface area contributed by atoms with E-state index in [0.717, 1.165) is 5.56 Å². The van der Waals surface area contributed by atoms with Crippen molar-refractivity contribution in [3.05, 3.63) is 24.0 Å². The lowest BCUT2D eigenvalue weighted by Crippen LogP contribution is -2.25. The predicted octanol–water partition coefficient (Wildman–Crippen LogP) is 2.72. The number of methoxy groups -OCH3 is 1. The van der Waals surface area contributed by atoms with Crippen molar-refractivity contribution in [3.63, 3.8) is 0 Å². The maximum Gasteiger partial charge on any atom is 0.138 e. The van der Waals surface area contributed by atoms with Gasteiger partial charge in [-0.15, -0.1) is 0 Å². The summed E-state index contributed by atoms with van der Waals surface area (Å²) in [4.78, 5) is 4.09. The highest BCUT2D eigenvalue weighted by Gasteiger charge is 2.23. The van der Waals surface area contributed by atoms with Crippen LogP contribution in [0.25, 0.3) is 0 Å². The Morgan fingerprint density at radius 3 is 2.56 bits per heavy atom. The van der Waals surface area contributed by atoms with Crippen molar-refractivity contribution in [2.24, 2.45) is 0 Å². The quantitative estimate of drug-likeness (QED) is 0.847. The normalized spacial score (nSPS) is 13.7. The van der Waals surface area contributed by atoms with Crippen molar-refractivity contribution in [1.82, 2.24) is 4.98 Å². The van der Waals surface area contributed by atoms with E-state index >= 15 is 0 Å². The summed E-state index contributed by atoms with van der Waals surface area (Å²) in [5, 5.41) is 10.2. The molecule has 0 spiro atoms. The molecule has 0 amide bonds. The van der Waals surface area contributed by atoms with Crippen LogP contribution in [0.2, 0.25) is 0 Å². The highest BCUT2D eigenvalue weighted by atomic mass is 16.5. The maximum absolute atomic E-state index is 10.2. The summed E-state index contributed by atoms with van der Waals surface area (Å²) < 4.78 is 10.9. The van der Waals surface area contributed by atoms with E-state index in [9.17, 15) is 5.11 Å². The third kappa shape index (κ3) is 4.63. The Kier molecular flexibility index (Phi) is 5.11. The van der Waals surface area contributed by atoms with E-state index < -0.39 is 6.10 Å². The fraction of sp³-hybridized carbons (Fsp3) is 0.643. The minimum absolute atomic E-state index is 0.0922. The Bertz CT molecular complexity index is 377. The van der Waals surface area contributed by atoms with Gasteiger partial charge in [0.05, 0.1) is 24.0 Å². The third-order valence-corrected chi connectivity index (χ3v) is 2.73. The molecule has 1 N–H and O–H groups in total. The second-order valence-corrected chi connectivity index (χ2v) is 5.30. The lowest BCUT2D eigenvalue weighted by molar-refractivity contribution is -0.0202. The molecule has 0 aromatic carbocycles. The molecule has 1 unspecified atom stereocenters. The van der Waals surface area contributed by atoms with E-state index in [-0.39, 0.29) is 11.7 Å². The summed E-state index contributed by atoms with van der Waals surface area (Å²) in [5.74, 6) is 0.678. The number of aliphatic hydroxyl groups excluding tert-OH is 1. The van der Waals surface area contributed by atoms with Crippen LogP contribution in [-0.4, -0.2) is 28.9 Å². The smallest absolute Gasteiger partial charge is 0.138 e. The topological polar surface area (TPSA) is 51.6 Å². The van der Waals surface area contributed by atoms with Crippen molar-refractivity contribution in [2.45, 2.75) is 51.9 Å². The Balaban J connectivity index is 2.76. The van der Waals surface area contributed by atoms with Gasteiger partial charge in [-0.05, 0) is 33.8 Å². The van der Waals surface area contributed by atoms with Gasteiger partial charge >= 0.3 is 0 Å². The predicted molar refractivity (Wildman–Crippen MR) is 70.7 cm³/mol. The summed E-state index contributed by atoms with van der Waals surface area (Å²) in [6.45, 7) is 7.80. The van der Waals surface area contributed by atoms with E-state index in [0.29, 0.717) is 12.2 Å². The number of hydrogen-bond acceptors (Lipinski definition) is 4.